The molecule has 0 bridgehead atoms. The number of nitrogens with one attached hydrogen (secondary N) is 2. The number of hydrogen-bond acceptors (Lipinski definition) is 4. The van der Waals surface area contributed by atoms with Gasteiger partial charge in [-0.2, -0.15) is 0 Å². The van der Waals surface area contributed by atoms with E-state index in [1.54, 1.807) is 0 Å². The van der Waals surface area contributed by atoms with Crippen molar-refractivity contribution in [3.63, 3.8) is 0 Å². The number of ether oxygens (including phenoxy) is 1. The van der Waals surface area contributed by atoms with Crippen LogP contribution in [-0.4, -0.2) is 37.0 Å². The maximum atomic E-state index is 11.7. The Morgan fingerprint density at radius 2 is 2.00 bits per heavy atom. The molecule has 0 fully saturated rings. The Bertz CT molecular complexity index is 391. The highest BCUT2D eigenvalue weighted by molar-refractivity contribution is 5.86. The van der Waals surface area contributed by atoms with Gasteiger partial charge in [-0.3, -0.25) is 14.4 Å². The van der Waals surface area contributed by atoms with Gasteiger partial charge in [-0.15, -0.1) is 0 Å². The molecule has 6 nitrogen and oxygen atoms in total. The number of esters is 1. The molecule has 2 N–H and O–H groups in total. The van der Waals surface area contributed by atoms with Crippen molar-refractivity contribution in [1.82, 2.24) is 10.6 Å². The standard InChI is InChI=1S/C14H22N2O4/c1-10(2)16-12(17)8-15-13(18)9-20-14(19)11-6-4-3-5-7-11/h3-4,10-11H,5-9H2,1-2H3,(H,15,18)(H,16,17)/t11-/m1/s1. The van der Waals surface area contributed by atoms with E-state index in [1.165, 1.54) is 0 Å². The lowest BCUT2D eigenvalue weighted by molar-refractivity contribution is -0.152. The highest BCUT2D eigenvalue weighted by Crippen LogP contribution is 2.19. The predicted molar refractivity (Wildman–Crippen MR) is 73.7 cm³/mol. The zero-order chi connectivity index (χ0) is 15.0. The molecule has 0 aromatic rings. The summed E-state index contributed by atoms with van der Waals surface area (Å²) >= 11 is 0. The van der Waals surface area contributed by atoms with Gasteiger partial charge in [-0.05, 0) is 33.1 Å². The normalized spacial score (nSPS) is 17.6. The van der Waals surface area contributed by atoms with Crippen LogP contribution < -0.4 is 10.6 Å². The van der Waals surface area contributed by atoms with Crippen LogP contribution in [0.1, 0.15) is 33.1 Å². The van der Waals surface area contributed by atoms with Crippen LogP contribution in [0, 0.1) is 5.92 Å². The first kappa shape index (κ1) is 16.2. The molecule has 1 atom stereocenters. The summed E-state index contributed by atoms with van der Waals surface area (Å²) in [6.07, 6.45) is 6.27. The van der Waals surface area contributed by atoms with Crippen molar-refractivity contribution < 1.29 is 19.1 Å². The third-order valence-electron chi connectivity index (χ3n) is 2.84. The number of amides is 2. The summed E-state index contributed by atoms with van der Waals surface area (Å²) in [4.78, 5) is 34.4. The first-order chi connectivity index (χ1) is 9.49. The minimum atomic E-state index is -0.469. The molecule has 0 unspecified atom stereocenters. The molecule has 0 aromatic carbocycles. The van der Waals surface area contributed by atoms with Crippen molar-refractivity contribution in [3.8, 4) is 0 Å². The molecule has 2 amide bonds. The Morgan fingerprint density at radius 1 is 1.25 bits per heavy atom. The fourth-order valence-electron chi connectivity index (χ4n) is 1.87. The maximum Gasteiger partial charge on any atom is 0.309 e. The van der Waals surface area contributed by atoms with Gasteiger partial charge in [0, 0.05) is 6.04 Å². The van der Waals surface area contributed by atoms with Crippen LogP contribution in [0.15, 0.2) is 12.2 Å². The molecule has 0 aliphatic heterocycles. The number of carbonyl (C=O) groups is 3. The van der Waals surface area contributed by atoms with Crippen LogP contribution in [0.25, 0.3) is 0 Å². The lowest BCUT2D eigenvalue weighted by Gasteiger charge is -2.16. The van der Waals surface area contributed by atoms with Gasteiger partial charge in [0.2, 0.25) is 5.91 Å². The summed E-state index contributed by atoms with van der Waals surface area (Å²) in [5.41, 5.74) is 0. The van der Waals surface area contributed by atoms with Crippen LogP contribution in [-0.2, 0) is 19.1 Å². The smallest absolute Gasteiger partial charge is 0.309 e. The SMILES string of the molecule is CC(C)NC(=O)CNC(=O)COC(=O)[C@@H]1CC=CCC1. The van der Waals surface area contributed by atoms with Crippen LogP contribution in [0.4, 0.5) is 0 Å². The molecule has 1 aliphatic carbocycles. The third-order valence-corrected chi connectivity index (χ3v) is 2.84. The van der Waals surface area contributed by atoms with Crippen molar-refractivity contribution in [3.05, 3.63) is 12.2 Å². The van der Waals surface area contributed by atoms with Gasteiger partial charge in [-0.25, -0.2) is 0 Å². The molecule has 0 saturated heterocycles. The molecule has 20 heavy (non-hydrogen) atoms. The molecule has 0 radical (unpaired) electrons. The van der Waals surface area contributed by atoms with E-state index in [2.05, 4.69) is 10.6 Å². The summed E-state index contributed by atoms with van der Waals surface area (Å²) in [7, 11) is 0. The van der Waals surface area contributed by atoms with Crippen molar-refractivity contribution in [2.75, 3.05) is 13.2 Å². The van der Waals surface area contributed by atoms with Crippen molar-refractivity contribution in [2.45, 2.75) is 39.2 Å². The Balaban J connectivity index is 2.17. The second-order valence-electron chi connectivity index (χ2n) is 5.09. The highest BCUT2D eigenvalue weighted by Gasteiger charge is 2.21. The Kier molecular flexibility index (Phi) is 6.76. The van der Waals surface area contributed by atoms with Gasteiger partial charge in [0.15, 0.2) is 6.61 Å². The zero-order valence-electron chi connectivity index (χ0n) is 12.0. The zero-order valence-corrected chi connectivity index (χ0v) is 12.0. The Labute approximate surface area is 118 Å². The van der Waals surface area contributed by atoms with Crippen LogP contribution in [0.3, 0.4) is 0 Å². The molecule has 1 rings (SSSR count). The molecule has 0 saturated carbocycles. The summed E-state index contributed by atoms with van der Waals surface area (Å²) in [5.74, 6) is -1.24. The first-order valence-electron chi connectivity index (χ1n) is 6.86. The monoisotopic (exact) mass is 282 g/mol. The van der Waals surface area contributed by atoms with E-state index in [-0.39, 0.29) is 37.0 Å². The number of carbonyl (C=O) groups excluding carboxylic acids is 3. The van der Waals surface area contributed by atoms with Gasteiger partial charge < -0.3 is 15.4 Å². The van der Waals surface area contributed by atoms with E-state index < -0.39 is 5.91 Å². The summed E-state index contributed by atoms with van der Waals surface area (Å²) in [6.45, 7) is 3.22. The Morgan fingerprint density at radius 3 is 2.60 bits per heavy atom. The van der Waals surface area contributed by atoms with Gasteiger partial charge in [0.1, 0.15) is 0 Å². The minimum Gasteiger partial charge on any atom is -0.455 e. The van der Waals surface area contributed by atoms with Gasteiger partial charge >= 0.3 is 5.97 Å². The summed E-state index contributed by atoms with van der Waals surface area (Å²) in [5, 5.41) is 5.05. The van der Waals surface area contributed by atoms with Gasteiger partial charge in [-0.1, -0.05) is 12.2 Å². The fourth-order valence-corrected chi connectivity index (χ4v) is 1.87. The highest BCUT2D eigenvalue weighted by atomic mass is 16.5. The molecule has 0 heterocycles. The molecule has 0 aromatic heterocycles. The topological polar surface area (TPSA) is 84.5 Å². The average Bonchev–Trinajstić information content (AvgIpc) is 2.42. The second-order valence-corrected chi connectivity index (χ2v) is 5.09. The lowest BCUT2D eigenvalue weighted by Crippen LogP contribution is -2.41. The summed E-state index contributed by atoms with van der Waals surface area (Å²) < 4.78 is 4.94. The molecule has 6 heteroatoms. The van der Waals surface area contributed by atoms with E-state index in [4.69, 9.17) is 4.74 Å². The van der Waals surface area contributed by atoms with Crippen molar-refractivity contribution in [1.29, 1.82) is 0 Å². The molecular formula is C14H22N2O4. The second kappa shape index (κ2) is 8.35. The third kappa shape index (κ3) is 6.36. The molecular weight excluding hydrogens is 260 g/mol. The molecule has 112 valence electrons. The maximum absolute atomic E-state index is 11.7. The quantitative estimate of drug-likeness (QED) is 0.549. The van der Waals surface area contributed by atoms with E-state index in [1.807, 2.05) is 26.0 Å². The minimum absolute atomic E-state index is 0.0246. The van der Waals surface area contributed by atoms with Crippen molar-refractivity contribution in [2.24, 2.45) is 5.92 Å². The molecule has 1 aliphatic rings. The Hall–Kier alpha value is -1.85. The van der Waals surface area contributed by atoms with E-state index in [0.717, 1.165) is 12.8 Å². The van der Waals surface area contributed by atoms with Crippen LogP contribution in [0.5, 0.6) is 0 Å². The van der Waals surface area contributed by atoms with E-state index >= 15 is 0 Å². The first-order valence-corrected chi connectivity index (χ1v) is 6.86. The van der Waals surface area contributed by atoms with Crippen LogP contribution in [0.2, 0.25) is 0 Å². The number of rotatable bonds is 6. The number of allylic oxidation sites excluding steroid dienone is 2. The van der Waals surface area contributed by atoms with E-state index in [9.17, 15) is 14.4 Å². The summed E-state index contributed by atoms with van der Waals surface area (Å²) in [6, 6.07) is 0.0246. The number of hydrogen-bond donors (Lipinski definition) is 2. The molecule has 0 spiro atoms. The predicted octanol–water partition coefficient (Wildman–Crippen LogP) is 0.527. The average molecular weight is 282 g/mol. The van der Waals surface area contributed by atoms with Gasteiger partial charge in [0.25, 0.3) is 5.91 Å². The fraction of sp³-hybridized carbons (Fsp3) is 0.643. The largest absolute Gasteiger partial charge is 0.455 e. The van der Waals surface area contributed by atoms with E-state index in [0.29, 0.717) is 6.42 Å². The lowest BCUT2D eigenvalue weighted by atomic mass is 9.95. The van der Waals surface area contributed by atoms with Crippen molar-refractivity contribution >= 4 is 17.8 Å². The van der Waals surface area contributed by atoms with Gasteiger partial charge in [0.05, 0.1) is 12.5 Å². The van der Waals surface area contributed by atoms with Crippen LogP contribution >= 0.6 is 0 Å².